The Labute approximate surface area is 113 Å². The summed E-state index contributed by atoms with van der Waals surface area (Å²) in [6, 6.07) is 3.45. The number of hydrogen-bond acceptors (Lipinski definition) is 3. The lowest BCUT2D eigenvalue weighted by Crippen LogP contribution is -2.57. The van der Waals surface area contributed by atoms with Gasteiger partial charge in [-0.25, -0.2) is 0 Å². The quantitative estimate of drug-likeness (QED) is 0.870. The van der Waals surface area contributed by atoms with E-state index in [1.165, 1.54) is 0 Å². The van der Waals surface area contributed by atoms with Crippen molar-refractivity contribution in [2.24, 2.45) is 0 Å². The Morgan fingerprint density at radius 1 is 1.58 bits per heavy atom. The summed E-state index contributed by atoms with van der Waals surface area (Å²) in [5.74, 6) is -0.0802. The number of amides is 2. The molecule has 1 saturated heterocycles. The Morgan fingerprint density at radius 3 is 3.05 bits per heavy atom. The number of carbonyl (C=O) groups excluding carboxylic acids is 2. The molecule has 1 fully saturated rings. The molecule has 19 heavy (non-hydrogen) atoms. The number of carbonyl (C=O) groups is 2. The first-order chi connectivity index (χ1) is 9.13. The van der Waals surface area contributed by atoms with E-state index in [0.29, 0.717) is 19.5 Å². The average Bonchev–Trinajstić information content (AvgIpc) is 2.41. The number of rotatable bonds is 3. The predicted molar refractivity (Wildman–Crippen MR) is 71.5 cm³/mol. The highest BCUT2D eigenvalue weighted by Gasteiger charge is 2.31. The second-order valence-corrected chi connectivity index (χ2v) is 4.75. The van der Waals surface area contributed by atoms with Gasteiger partial charge in [0.1, 0.15) is 6.04 Å². The third kappa shape index (κ3) is 2.92. The summed E-state index contributed by atoms with van der Waals surface area (Å²) in [4.78, 5) is 30.0. The highest BCUT2D eigenvalue weighted by Crippen LogP contribution is 2.12. The van der Waals surface area contributed by atoms with E-state index in [4.69, 9.17) is 0 Å². The smallest absolute Gasteiger partial charge is 0.242 e. The molecule has 0 aromatic carbocycles. The topological polar surface area (TPSA) is 62.3 Å². The number of nitrogens with one attached hydrogen (secondary N) is 1. The molecule has 0 spiro atoms. The summed E-state index contributed by atoms with van der Waals surface area (Å²) in [6.07, 6.45) is 2.59. The molecule has 2 amide bonds. The van der Waals surface area contributed by atoms with E-state index in [0.717, 1.165) is 11.3 Å². The van der Waals surface area contributed by atoms with Crippen LogP contribution in [0.5, 0.6) is 0 Å². The molecule has 0 radical (unpaired) electrons. The predicted octanol–water partition coefficient (Wildman–Crippen LogP) is 0.670. The van der Waals surface area contributed by atoms with Crippen molar-refractivity contribution in [3.8, 4) is 0 Å². The molecular formula is C14H19N3O2. The second kappa shape index (κ2) is 5.82. The summed E-state index contributed by atoms with van der Waals surface area (Å²) in [5.41, 5.74) is 1.79. The molecule has 0 bridgehead atoms. The van der Waals surface area contributed by atoms with Crippen LogP contribution < -0.4 is 5.32 Å². The molecule has 1 atom stereocenters. The fraction of sp³-hybridized carbons (Fsp3) is 0.500. The lowest BCUT2D eigenvalue weighted by atomic mass is 10.1. The van der Waals surface area contributed by atoms with Crippen LogP contribution in [0.2, 0.25) is 0 Å². The zero-order chi connectivity index (χ0) is 13.8. The fourth-order valence-corrected chi connectivity index (χ4v) is 2.37. The number of piperazine rings is 1. The first kappa shape index (κ1) is 13.5. The van der Waals surface area contributed by atoms with E-state index in [2.05, 4.69) is 10.3 Å². The van der Waals surface area contributed by atoms with Gasteiger partial charge in [0.25, 0.3) is 0 Å². The van der Waals surface area contributed by atoms with Crippen LogP contribution in [0.3, 0.4) is 0 Å². The number of nitrogens with zero attached hydrogens (tertiary/aromatic N) is 2. The van der Waals surface area contributed by atoms with E-state index in [9.17, 15) is 9.59 Å². The van der Waals surface area contributed by atoms with Crippen LogP contribution in [-0.2, 0) is 16.0 Å². The van der Waals surface area contributed by atoms with Crippen molar-refractivity contribution in [1.29, 1.82) is 0 Å². The van der Waals surface area contributed by atoms with E-state index >= 15 is 0 Å². The first-order valence-electron chi connectivity index (χ1n) is 6.61. The maximum absolute atomic E-state index is 12.3. The van der Waals surface area contributed by atoms with Crippen LogP contribution in [0.1, 0.15) is 24.6 Å². The largest absolute Gasteiger partial charge is 0.353 e. The summed E-state index contributed by atoms with van der Waals surface area (Å²) < 4.78 is 0. The van der Waals surface area contributed by atoms with Crippen LogP contribution in [0.15, 0.2) is 18.3 Å². The Bertz CT molecular complexity index is 487. The minimum absolute atomic E-state index is 0.0245. The van der Waals surface area contributed by atoms with Gasteiger partial charge in [0.2, 0.25) is 11.8 Å². The molecule has 5 nitrogen and oxygen atoms in total. The third-order valence-corrected chi connectivity index (χ3v) is 3.47. The van der Waals surface area contributed by atoms with Crippen LogP contribution in [0.25, 0.3) is 0 Å². The molecule has 2 heterocycles. The minimum Gasteiger partial charge on any atom is -0.353 e. The van der Waals surface area contributed by atoms with Gasteiger partial charge in [0.05, 0.1) is 12.1 Å². The van der Waals surface area contributed by atoms with Crippen molar-refractivity contribution in [2.45, 2.75) is 32.7 Å². The summed E-state index contributed by atoms with van der Waals surface area (Å²) in [5, 5.41) is 2.79. The molecular weight excluding hydrogens is 242 g/mol. The minimum atomic E-state index is -0.342. The van der Waals surface area contributed by atoms with Crippen molar-refractivity contribution in [3.63, 3.8) is 0 Å². The van der Waals surface area contributed by atoms with Crippen LogP contribution >= 0.6 is 0 Å². The highest BCUT2D eigenvalue weighted by atomic mass is 16.2. The highest BCUT2D eigenvalue weighted by molar-refractivity contribution is 5.89. The SMILES string of the molecule is CCC1C(=O)NCCN1C(=O)Cc1ncccc1C. The summed E-state index contributed by atoms with van der Waals surface area (Å²) in [6.45, 7) is 4.97. The van der Waals surface area contributed by atoms with E-state index in [1.807, 2.05) is 26.0 Å². The zero-order valence-corrected chi connectivity index (χ0v) is 11.3. The molecule has 5 heteroatoms. The van der Waals surface area contributed by atoms with Gasteiger partial charge in [-0.2, -0.15) is 0 Å². The van der Waals surface area contributed by atoms with Crippen LogP contribution in [0, 0.1) is 6.92 Å². The molecule has 1 aliphatic rings. The van der Waals surface area contributed by atoms with E-state index < -0.39 is 0 Å². The number of aromatic nitrogens is 1. The van der Waals surface area contributed by atoms with Gasteiger partial charge in [0.15, 0.2) is 0 Å². The molecule has 2 rings (SSSR count). The standard InChI is InChI=1S/C14H19N3O2/c1-3-12-14(19)16-7-8-17(12)13(18)9-11-10(2)5-4-6-15-11/h4-6,12H,3,7-9H2,1-2H3,(H,16,19). The maximum atomic E-state index is 12.3. The van der Waals surface area contributed by atoms with Crippen molar-refractivity contribution in [2.75, 3.05) is 13.1 Å². The van der Waals surface area contributed by atoms with Crippen LogP contribution in [-0.4, -0.2) is 40.8 Å². The Kier molecular flexibility index (Phi) is 4.14. The van der Waals surface area contributed by atoms with Gasteiger partial charge < -0.3 is 10.2 Å². The molecule has 1 aromatic heterocycles. The maximum Gasteiger partial charge on any atom is 0.242 e. The molecule has 1 aliphatic heterocycles. The number of aryl methyl sites for hydroxylation is 1. The summed E-state index contributed by atoms with van der Waals surface area (Å²) in [7, 11) is 0. The Balaban J connectivity index is 2.11. The van der Waals surface area contributed by atoms with Crippen molar-refractivity contribution in [1.82, 2.24) is 15.2 Å². The van der Waals surface area contributed by atoms with Crippen molar-refractivity contribution < 1.29 is 9.59 Å². The zero-order valence-electron chi connectivity index (χ0n) is 11.3. The normalized spacial score (nSPS) is 19.2. The molecule has 0 saturated carbocycles. The molecule has 1 N–H and O–H groups in total. The first-order valence-corrected chi connectivity index (χ1v) is 6.61. The Morgan fingerprint density at radius 2 is 2.37 bits per heavy atom. The third-order valence-electron chi connectivity index (χ3n) is 3.47. The molecule has 0 aliphatic carbocycles. The van der Waals surface area contributed by atoms with Gasteiger partial charge in [-0.1, -0.05) is 13.0 Å². The fourth-order valence-electron chi connectivity index (χ4n) is 2.37. The monoisotopic (exact) mass is 261 g/mol. The number of hydrogen-bond donors (Lipinski definition) is 1. The van der Waals surface area contributed by atoms with E-state index in [1.54, 1.807) is 11.1 Å². The Hall–Kier alpha value is -1.91. The van der Waals surface area contributed by atoms with Crippen molar-refractivity contribution in [3.05, 3.63) is 29.6 Å². The van der Waals surface area contributed by atoms with Gasteiger partial charge in [-0.15, -0.1) is 0 Å². The lowest BCUT2D eigenvalue weighted by Gasteiger charge is -2.34. The molecule has 1 unspecified atom stereocenters. The van der Waals surface area contributed by atoms with Crippen molar-refractivity contribution >= 4 is 11.8 Å². The van der Waals surface area contributed by atoms with E-state index in [-0.39, 0.29) is 24.3 Å². The second-order valence-electron chi connectivity index (χ2n) is 4.75. The lowest BCUT2D eigenvalue weighted by molar-refractivity contribution is -0.142. The number of pyridine rings is 1. The van der Waals surface area contributed by atoms with Gasteiger partial charge in [0, 0.05) is 19.3 Å². The van der Waals surface area contributed by atoms with Gasteiger partial charge >= 0.3 is 0 Å². The molecule has 1 aromatic rings. The van der Waals surface area contributed by atoms with Crippen LogP contribution in [0.4, 0.5) is 0 Å². The van der Waals surface area contributed by atoms with Gasteiger partial charge in [-0.3, -0.25) is 14.6 Å². The average molecular weight is 261 g/mol. The summed E-state index contributed by atoms with van der Waals surface area (Å²) >= 11 is 0. The molecule has 102 valence electrons. The van der Waals surface area contributed by atoms with Gasteiger partial charge in [-0.05, 0) is 25.0 Å².